The number of hydroxylamine groups is 2. The number of nitrogens with zero attached hydrogens (tertiary/aromatic N) is 2. The zero-order chi connectivity index (χ0) is 23.5. The number of para-hydroxylation sites is 1. The van der Waals surface area contributed by atoms with Gasteiger partial charge in [-0.2, -0.15) is 4.84 Å². The van der Waals surface area contributed by atoms with Crippen molar-refractivity contribution < 1.29 is 19.2 Å². The van der Waals surface area contributed by atoms with Gasteiger partial charge in [0.2, 0.25) is 11.9 Å². The Morgan fingerprint density at radius 3 is 2.35 bits per heavy atom. The van der Waals surface area contributed by atoms with Crippen LogP contribution in [0.5, 0.6) is 0 Å². The molecular weight excluding hydrogens is 428 g/mol. The summed E-state index contributed by atoms with van der Waals surface area (Å²) in [5, 5.41) is 10.2. The number of carboxylic acids is 1. The minimum Gasteiger partial charge on any atom is -0.477 e. The second-order valence-electron chi connectivity index (χ2n) is 8.59. The first-order valence-corrected chi connectivity index (χ1v) is 11.5. The molecule has 0 bridgehead atoms. The highest BCUT2D eigenvalue weighted by atomic mass is 16.7. The standard InChI is InChI=1S/C28H26N2O4/c1-20-25(29-27(34-20)21-10-4-2-5-11-21)16-17-33-30(24-14-6-3-7-15-24)19-23-13-9-8-12-22(23)18-26(30)28(31)32/h2-15,26H,16-19H2,1H3/p+1. The Labute approximate surface area is 198 Å². The number of oxazole rings is 1. The fourth-order valence-corrected chi connectivity index (χ4v) is 4.73. The third-order valence-corrected chi connectivity index (χ3v) is 6.49. The summed E-state index contributed by atoms with van der Waals surface area (Å²) >= 11 is 0. The van der Waals surface area contributed by atoms with Crippen molar-refractivity contribution in [3.8, 4) is 11.5 Å². The number of aryl methyl sites for hydroxylation is 1. The van der Waals surface area contributed by atoms with E-state index < -0.39 is 12.0 Å². The van der Waals surface area contributed by atoms with Crippen LogP contribution in [-0.4, -0.2) is 28.7 Å². The van der Waals surface area contributed by atoms with Gasteiger partial charge in [-0.1, -0.05) is 60.7 Å². The van der Waals surface area contributed by atoms with Gasteiger partial charge in [0.1, 0.15) is 18.9 Å². The lowest BCUT2D eigenvalue weighted by Gasteiger charge is -2.42. The second kappa shape index (κ2) is 9.25. The maximum absolute atomic E-state index is 12.5. The Morgan fingerprint density at radius 2 is 1.65 bits per heavy atom. The Kier molecular flexibility index (Phi) is 6.01. The van der Waals surface area contributed by atoms with Crippen molar-refractivity contribution in [3.63, 3.8) is 0 Å². The predicted octanol–water partition coefficient (Wildman–Crippen LogP) is 5.34. The number of benzene rings is 3. The van der Waals surface area contributed by atoms with Gasteiger partial charge in [0.15, 0.2) is 5.69 Å². The highest BCUT2D eigenvalue weighted by molar-refractivity contribution is 5.77. The van der Waals surface area contributed by atoms with Crippen molar-refractivity contribution in [1.29, 1.82) is 0 Å². The van der Waals surface area contributed by atoms with Crippen LogP contribution < -0.4 is 4.65 Å². The molecule has 1 aliphatic heterocycles. The largest absolute Gasteiger partial charge is 0.477 e. The van der Waals surface area contributed by atoms with E-state index in [-0.39, 0.29) is 4.65 Å². The zero-order valence-electron chi connectivity index (χ0n) is 19.1. The average molecular weight is 456 g/mol. The molecule has 6 heteroatoms. The van der Waals surface area contributed by atoms with Crippen molar-refractivity contribution >= 4 is 11.7 Å². The van der Waals surface area contributed by atoms with E-state index in [1.807, 2.05) is 85.8 Å². The molecule has 6 nitrogen and oxygen atoms in total. The number of hydrogen-bond acceptors (Lipinski definition) is 4. The second-order valence-corrected chi connectivity index (χ2v) is 8.59. The van der Waals surface area contributed by atoms with Crippen LogP contribution in [-0.2, 0) is 29.0 Å². The molecule has 5 rings (SSSR count). The number of carbonyl (C=O) groups is 1. The molecule has 0 saturated carbocycles. The molecule has 2 atom stereocenters. The fraction of sp³-hybridized carbons (Fsp3) is 0.214. The molecule has 0 saturated heterocycles. The lowest BCUT2D eigenvalue weighted by atomic mass is 9.92. The molecule has 0 spiro atoms. The molecule has 1 N–H and O–H groups in total. The van der Waals surface area contributed by atoms with Crippen LogP contribution in [0.4, 0.5) is 5.69 Å². The lowest BCUT2D eigenvalue weighted by molar-refractivity contribution is -0.198. The van der Waals surface area contributed by atoms with Crippen LogP contribution >= 0.6 is 0 Å². The van der Waals surface area contributed by atoms with Crippen LogP contribution in [0.25, 0.3) is 11.5 Å². The normalized spacial score (nSPS) is 19.5. The van der Waals surface area contributed by atoms with E-state index >= 15 is 0 Å². The number of aliphatic carboxylic acids is 1. The summed E-state index contributed by atoms with van der Waals surface area (Å²) < 4.78 is 5.81. The van der Waals surface area contributed by atoms with Gasteiger partial charge >= 0.3 is 5.97 Å². The van der Waals surface area contributed by atoms with E-state index in [1.165, 1.54) is 0 Å². The van der Waals surface area contributed by atoms with Crippen molar-refractivity contribution in [2.75, 3.05) is 6.61 Å². The van der Waals surface area contributed by atoms with Crippen LogP contribution in [0.2, 0.25) is 0 Å². The first kappa shape index (κ1) is 22.1. The molecule has 34 heavy (non-hydrogen) atoms. The van der Waals surface area contributed by atoms with E-state index in [4.69, 9.17) is 9.25 Å². The van der Waals surface area contributed by atoms with Gasteiger partial charge in [-0.3, -0.25) is 0 Å². The molecule has 2 unspecified atom stereocenters. The number of hydrogen-bond donors (Lipinski definition) is 1. The van der Waals surface area contributed by atoms with Gasteiger partial charge in [-0.15, -0.1) is 4.65 Å². The maximum Gasteiger partial charge on any atom is 0.366 e. The molecular formula is C28H27N2O4+. The minimum atomic E-state index is -0.873. The highest BCUT2D eigenvalue weighted by Gasteiger charge is 2.50. The molecule has 2 heterocycles. The summed E-state index contributed by atoms with van der Waals surface area (Å²) in [5.74, 6) is 0.449. The van der Waals surface area contributed by atoms with E-state index in [0.717, 1.165) is 33.8 Å². The van der Waals surface area contributed by atoms with Crippen molar-refractivity contribution in [2.24, 2.45) is 0 Å². The molecule has 1 aliphatic rings. The molecule has 0 amide bonds. The predicted molar refractivity (Wildman–Crippen MR) is 130 cm³/mol. The van der Waals surface area contributed by atoms with Crippen molar-refractivity contribution in [2.45, 2.75) is 32.4 Å². The smallest absolute Gasteiger partial charge is 0.366 e. The number of fused-ring (bicyclic) bond motifs is 1. The minimum absolute atomic E-state index is 0.0877. The van der Waals surface area contributed by atoms with Gasteiger partial charge in [0.05, 0.1) is 5.69 Å². The zero-order valence-corrected chi connectivity index (χ0v) is 19.1. The molecule has 0 aliphatic carbocycles. The van der Waals surface area contributed by atoms with Gasteiger partial charge < -0.3 is 9.52 Å². The Morgan fingerprint density at radius 1 is 1.00 bits per heavy atom. The van der Waals surface area contributed by atoms with Crippen LogP contribution in [0.1, 0.15) is 22.6 Å². The summed E-state index contributed by atoms with van der Waals surface area (Å²) in [5.41, 5.74) is 4.72. The number of aromatic nitrogens is 1. The van der Waals surface area contributed by atoms with E-state index in [0.29, 0.717) is 31.9 Å². The fourth-order valence-electron chi connectivity index (χ4n) is 4.73. The molecule has 4 aromatic rings. The summed E-state index contributed by atoms with van der Waals surface area (Å²) in [4.78, 5) is 23.7. The quantitative estimate of drug-likeness (QED) is 0.381. The third kappa shape index (κ3) is 4.14. The third-order valence-electron chi connectivity index (χ3n) is 6.49. The van der Waals surface area contributed by atoms with Crippen LogP contribution in [0.3, 0.4) is 0 Å². The molecule has 0 fully saturated rings. The van der Waals surface area contributed by atoms with E-state index in [1.54, 1.807) is 0 Å². The Bertz CT molecular complexity index is 1290. The first-order valence-electron chi connectivity index (χ1n) is 11.5. The van der Waals surface area contributed by atoms with Crippen molar-refractivity contribution in [1.82, 2.24) is 9.63 Å². The number of quaternary nitrogens is 1. The van der Waals surface area contributed by atoms with Gasteiger partial charge in [-0.25, -0.2) is 9.78 Å². The highest BCUT2D eigenvalue weighted by Crippen LogP contribution is 2.37. The summed E-state index contributed by atoms with van der Waals surface area (Å²) in [6.45, 7) is 2.65. The van der Waals surface area contributed by atoms with Crippen LogP contribution in [0.15, 0.2) is 89.3 Å². The summed E-state index contributed by atoms with van der Waals surface area (Å²) in [6, 6.07) is 26.7. The molecule has 0 radical (unpaired) electrons. The van der Waals surface area contributed by atoms with Gasteiger partial charge in [-0.05, 0) is 24.6 Å². The maximum atomic E-state index is 12.5. The SMILES string of the molecule is Cc1oc(-c2ccccc2)nc1CCO[N+]1(c2ccccc2)Cc2ccccc2CC1C(=O)O. The molecule has 1 aromatic heterocycles. The summed E-state index contributed by atoms with van der Waals surface area (Å²) in [7, 11) is 0. The lowest BCUT2D eigenvalue weighted by Crippen LogP contribution is -2.62. The van der Waals surface area contributed by atoms with Crippen molar-refractivity contribution in [3.05, 3.63) is 108 Å². The topological polar surface area (TPSA) is 72.6 Å². The first-order chi connectivity index (χ1) is 16.6. The number of rotatable bonds is 7. The number of carboxylic acid groups (broad SMARTS) is 1. The average Bonchev–Trinajstić information content (AvgIpc) is 3.24. The van der Waals surface area contributed by atoms with Crippen LogP contribution in [0, 0.1) is 6.92 Å². The Balaban J connectivity index is 1.44. The van der Waals surface area contributed by atoms with Gasteiger partial charge in [0.25, 0.3) is 0 Å². The van der Waals surface area contributed by atoms with Gasteiger partial charge in [0, 0.05) is 36.1 Å². The molecule has 172 valence electrons. The molecule has 3 aromatic carbocycles. The Hall–Kier alpha value is -3.74. The monoisotopic (exact) mass is 455 g/mol. The van der Waals surface area contributed by atoms with E-state index in [2.05, 4.69) is 11.1 Å². The summed E-state index contributed by atoms with van der Waals surface area (Å²) in [6.07, 6.45) is 0.921. The van der Waals surface area contributed by atoms with E-state index in [9.17, 15) is 9.90 Å².